The Kier molecular flexibility index (Phi) is 9.23. The Morgan fingerprint density at radius 3 is 2.56 bits per heavy atom. The van der Waals surface area contributed by atoms with Crippen LogP contribution in [-0.2, 0) is 4.79 Å². The second-order valence-electron chi connectivity index (χ2n) is 9.77. The summed E-state index contributed by atoms with van der Waals surface area (Å²) in [6.07, 6.45) is 1.54. The molecule has 0 saturated heterocycles. The van der Waals surface area contributed by atoms with Crippen molar-refractivity contribution in [1.29, 1.82) is 0 Å². The van der Waals surface area contributed by atoms with Gasteiger partial charge in [0.1, 0.15) is 22.8 Å². The number of imidazole rings is 1. The van der Waals surface area contributed by atoms with Crippen LogP contribution in [0.15, 0.2) is 54.6 Å². The van der Waals surface area contributed by atoms with Crippen molar-refractivity contribution in [2.24, 2.45) is 0 Å². The number of carbonyl (C=O) groups excluding carboxylic acids is 3. The van der Waals surface area contributed by atoms with Crippen LogP contribution >= 0.6 is 0 Å². The number of unbranched alkanes of at least 4 members (excludes halogenated alkanes) is 1. The van der Waals surface area contributed by atoms with Gasteiger partial charge in [0, 0.05) is 26.1 Å². The van der Waals surface area contributed by atoms with Crippen LogP contribution in [0.25, 0.3) is 11.0 Å². The predicted octanol–water partition coefficient (Wildman–Crippen LogP) is 5.01. The number of nitrogens with one attached hydrogen (secondary N) is 3. The van der Waals surface area contributed by atoms with Gasteiger partial charge >= 0.3 is 0 Å². The number of nitrogens with zero attached hydrogens (tertiary/aromatic N) is 2. The van der Waals surface area contributed by atoms with Crippen molar-refractivity contribution in [1.82, 2.24) is 15.3 Å². The number of para-hydroxylation sites is 1. The number of anilines is 2. The normalized spacial score (nSPS) is 10.8. The second-order valence-corrected chi connectivity index (χ2v) is 9.77. The lowest BCUT2D eigenvalue weighted by atomic mass is 10.1. The van der Waals surface area contributed by atoms with Gasteiger partial charge in [0.15, 0.2) is 0 Å². The maximum absolute atomic E-state index is 13.5. The van der Waals surface area contributed by atoms with Crippen molar-refractivity contribution < 1.29 is 23.9 Å². The number of H-pyrrole nitrogens is 1. The fourth-order valence-corrected chi connectivity index (χ4v) is 4.45. The third kappa shape index (κ3) is 7.02. The molecular formula is C31H35N5O5. The molecule has 3 N–H and O–H groups in total. The lowest BCUT2D eigenvalue weighted by Gasteiger charge is -2.22. The average molecular weight is 558 g/mol. The summed E-state index contributed by atoms with van der Waals surface area (Å²) in [5.41, 5.74) is 4.23. The number of benzene rings is 3. The van der Waals surface area contributed by atoms with Crippen molar-refractivity contribution in [3.8, 4) is 11.5 Å². The molecule has 1 heterocycles. The summed E-state index contributed by atoms with van der Waals surface area (Å²) in [5, 5.41) is 5.65. The molecule has 0 unspecified atom stereocenters. The van der Waals surface area contributed by atoms with Crippen LogP contribution in [-0.4, -0.2) is 55.0 Å². The molecule has 3 amide bonds. The van der Waals surface area contributed by atoms with E-state index in [1.54, 1.807) is 37.4 Å². The van der Waals surface area contributed by atoms with Crippen LogP contribution in [0.3, 0.4) is 0 Å². The van der Waals surface area contributed by atoms with E-state index in [9.17, 15) is 14.4 Å². The molecule has 10 nitrogen and oxygen atoms in total. The van der Waals surface area contributed by atoms with Gasteiger partial charge in [-0.3, -0.25) is 14.4 Å². The van der Waals surface area contributed by atoms with E-state index in [2.05, 4.69) is 20.6 Å². The first-order chi connectivity index (χ1) is 19.7. The lowest BCUT2D eigenvalue weighted by Crippen LogP contribution is -2.27. The van der Waals surface area contributed by atoms with E-state index in [1.807, 2.05) is 38.1 Å². The van der Waals surface area contributed by atoms with E-state index in [1.165, 1.54) is 18.9 Å². The van der Waals surface area contributed by atoms with Gasteiger partial charge in [-0.15, -0.1) is 0 Å². The fourth-order valence-electron chi connectivity index (χ4n) is 4.45. The Morgan fingerprint density at radius 1 is 1.00 bits per heavy atom. The van der Waals surface area contributed by atoms with E-state index < -0.39 is 0 Å². The molecule has 41 heavy (non-hydrogen) atoms. The molecule has 0 fully saturated rings. The van der Waals surface area contributed by atoms with Crippen molar-refractivity contribution in [3.63, 3.8) is 0 Å². The summed E-state index contributed by atoms with van der Waals surface area (Å²) >= 11 is 0. The zero-order valence-corrected chi connectivity index (χ0v) is 24.0. The van der Waals surface area contributed by atoms with E-state index in [4.69, 9.17) is 9.47 Å². The number of methoxy groups -OCH3 is 1. The smallest absolute Gasteiger partial charge is 0.258 e. The van der Waals surface area contributed by atoms with Gasteiger partial charge in [-0.1, -0.05) is 12.1 Å². The summed E-state index contributed by atoms with van der Waals surface area (Å²) < 4.78 is 11.6. The Hall–Kier alpha value is -4.86. The molecule has 214 valence electrons. The summed E-state index contributed by atoms with van der Waals surface area (Å²) in [6, 6.07) is 15.9. The van der Waals surface area contributed by atoms with Crippen LogP contribution < -0.4 is 25.0 Å². The Balaban J connectivity index is 1.48. The molecule has 0 aliphatic rings. The molecule has 1 aromatic heterocycles. The van der Waals surface area contributed by atoms with Gasteiger partial charge in [0.2, 0.25) is 5.91 Å². The number of carbonyl (C=O) groups is 3. The number of hydrogen-bond acceptors (Lipinski definition) is 6. The van der Waals surface area contributed by atoms with Gasteiger partial charge in [0.25, 0.3) is 11.8 Å². The Labute approximate surface area is 239 Å². The summed E-state index contributed by atoms with van der Waals surface area (Å²) in [7, 11) is 3.17. The van der Waals surface area contributed by atoms with Crippen LogP contribution in [0, 0.1) is 13.8 Å². The maximum atomic E-state index is 13.5. The Bertz CT molecular complexity index is 1580. The van der Waals surface area contributed by atoms with E-state index >= 15 is 0 Å². The highest BCUT2D eigenvalue weighted by atomic mass is 16.5. The van der Waals surface area contributed by atoms with Crippen molar-refractivity contribution in [3.05, 3.63) is 77.1 Å². The zero-order chi connectivity index (χ0) is 29.5. The number of aromatic nitrogens is 2. The second kappa shape index (κ2) is 13.0. The van der Waals surface area contributed by atoms with Gasteiger partial charge in [-0.05, 0) is 74.7 Å². The quantitative estimate of drug-likeness (QED) is 0.223. The fraction of sp³-hybridized carbons (Fsp3) is 0.290. The molecule has 0 saturated carbocycles. The van der Waals surface area contributed by atoms with Crippen molar-refractivity contribution in [2.45, 2.75) is 33.6 Å². The Morgan fingerprint density at radius 2 is 1.80 bits per heavy atom. The maximum Gasteiger partial charge on any atom is 0.258 e. The van der Waals surface area contributed by atoms with E-state index in [0.717, 1.165) is 23.9 Å². The minimum atomic E-state index is -0.338. The number of aryl methyl sites for hydroxylation is 2. The minimum absolute atomic E-state index is 0.0548. The summed E-state index contributed by atoms with van der Waals surface area (Å²) in [5.74, 6) is 1.00. The first kappa shape index (κ1) is 29.1. The highest BCUT2D eigenvalue weighted by molar-refractivity contribution is 6.12. The van der Waals surface area contributed by atoms with Crippen LogP contribution in [0.4, 0.5) is 11.4 Å². The number of hydrogen-bond donors (Lipinski definition) is 3. The third-order valence-corrected chi connectivity index (χ3v) is 6.56. The number of rotatable bonds is 11. The summed E-state index contributed by atoms with van der Waals surface area (Å²) in [4.78, 5) is 46.8. The van der Waals surface area contributed by atoms with Gasteiger partial charge in [-0.2, -0.15) is 0 Å². The molecule has 0 radical (unpaired) electrons. The first-order valence-electron chi connectivity index (χ1n) is 13.4. The number of fused-ring (bicyclic) bond motifs is 1. The van der Waals surface area contributed by atoms with Crippen LogP contribution in [0.5, 0.6) is 11.5 Å². The number of aromatic amines is 1. The molecule has 4 aromatic rings. The SMILES string of the molecule is COc1cc(C(=O)N(C)c2ccc(C)cc2OCCCCNC(C)=O)ccc1NC(=O)c1cccc2[nH]c(C)nc12. The predicted molar refractivity (Wildman–Crippen MR) is 159 cm³/mol. The molecule has 3 aromatic carbocycles. The highest BCUT2D eigenvalue weighted by Gasteiger charge is 2.21. The molecule has 0 aliphatic carbocycles. The summed E-state index contributed by atoms with van der Waals surface area (Å²) in [6.45, 7) is 6.33. The minimum Gasteiger partial charge on any atom is -0.495 e. The van der Waals surface area contributed by atoms with Crippen molar-refractivity contribution >= 4 is 40.1 Å². The van der Waals surface area contributed by atoms with Crippen LogP contribution in [0.1, 0.15) is 51.9 Å². The van der Waals surface area contributed by atoms with Gasteiger partial charge in [-0.25, -0.2) is 4.98 Å². The molecule has 0 spiro atoms. The third-order valence-electron chi connectivity index (χ3n) is 6.56. The molecule has 0 atom stereocenters. The molecular weight excluding hydrogens is 522 g/mol. The molecule has 4 rings (SSSR count). The topological polar surface area (TPSA) is 126 Å². The van der Waals surface area contributed by atoms with E-state index in [0.29, 0.717) is 58.5 Å². The standard InChI is InChI=1S/C31H35N5O5/c1-19-11-14-26(28(17-19)41-16-7-6-15-32-21(3)37)36(4)31(39)22-12-13-24(27(18-22)40-5)35-30(38)23-9-8-10-25-29(23)34-20(2)33-25/h8-14,17-18H,6-7,15-16H2,1-5H3,(H,32,37)(H,33,34)(H,35,38). The number of ether oxygens (including phenoxy) is 2. The van der Waals surface area contributed by atoms with Gasteiger partial charge < -0.3 is 30.0 Å². The van der Waals surface area contributed by atoms with Crippen molar-refractivity contribution in [2.75, 3.05) is 37.5 Å². The van der Waals surface area contributed by atoms with Crippen LogP contribution in [0.2, 0.25) is 0 Å². The first-order valence-corrected chi connectivity index (χ1v) is 13.4. The zero-order valence-electron chi connectivity index (χ0n) is 24.0. The number of amides is 3. The largest absolute Gasteiger partial charge is 0.495 e. The molecule has 0 bridgehead atoms. The van der Waals surface area contributed by atoms with Gasteiger partial charge in [0.05, 0.1) is 36.2 Å². The molecule has 0 aliphatic heterocycles. The average Bonchev–Trinajstić information content (AvgIpc) is 3.34. The lowest BCUT2D eigenvalue weighted by molar-refractivity contribution is -0.118. The monoisotopic (exact) mass is 557 g/mol. The highest BCUT2D eigenvalue weighted by Crippen LogP contribution is 2.32. The molecule has 10 heteroatoms. The van der Waals surface area contributed by atoms with E-state index in [-0.39, 0.29) is 17.7 Å².